The average Bonchev–Trinajstić information content (AvgIpc) is 3.28. The largest absolute Gasteiger partial charge is 0.466 e. The molecule has 2 aliphatic rings. The summed E-state index contributed by atoms with van der Waals surface area (Å²) in [7, 11) is 0. The Morgan fingerprint density at radius 1 is 1.02 bits per heavy atom. The first kappa shape index (κ1) is 35.8. The summed E-state index contributed by atoms with van der Waals surface area (Å²) >= 11 is 6.91. The third kappa shape index (κ3) is 9.20. The van der Waals surface area contributed by atoms with Crippen molar-refractivity contribution in [1.82, 2.24) is 9.47 Å². The highest BCUT2D eigenvalue weighted by Gasteiger charge is 2.34. The molecule has 0 radical (unpaired) electrons. The van der Waals surface area contributed by atoms with Crippen molar-refractivity contribution in [2.75, 3.05) is 31.1 Å². The van der Waals surface area contributed by atoms with Gasteiger partial charge in [0, 0.05) is 31.7 Å². The van der Waals surface area contributed by atoms with E-state index in [-0.39, 0.29) is 28.9 Å². The molecule has 2 saturated heterocycles. The molecule has 1 aromatic rings. The van der Waals surface area contributed by atoms with Crippen molar-refractivity contribution in [2.24, 2.45) is 5.92 Å². The van der Waals surface area contributed by atoms with Gasteiger partial charge in [-0.05, 0) is 51.2 Å². The maximum atomic E-state index is 13.6. The summed E-state index contributed by atoms with van der Waals surface area (Å²) < 4.78 is 7.51. The van der Waals surface area contributed by atoms with Gasteiger partial charge in [-0.1, -0.05) is 95.6 Å². The van der Waals surface area contributed by atoms with Crippen LogP contribution in [0.4, 0.5) is 5.82 Å². The van der Waals surface area contributed by atoms with Gasteiger partial charge in [0.15, 0.2) is 0 Å². The van der Waals surface area contributed by atoms with Crippen molar-refractivity contribution in [3.63, 3.8) is 0 Å². The molecule has 0 bridgehead atoms. The van der Waals surface area contributed by atoms with Crippen molar-refractivity contribution in [3.8, 4) is 6.07 Å². The Hall–Kier alpha value is -2.64. The van der Waals surface area contributed by atoms with Crippen LogP contribution in [0.25, 0.3) is 6.08 Å². The standard InChI is InChI=1S/C34H50N4O4S2/c1-5-8-9-10-11-12-13-14-15-16-21-38-32(40)29(44-34(38)43)22-27-25(4)28(23-35)31(39)37(19-6-2)30(27)36-20-17-18-26(24-36)33(41)42-7-3/h22,26H,5-21,24H2,1-4H3/b29-22+. The zero-order valence-corrected chi connectivity index (χ0v) is 28.8. The summed E-state index contributed by atoms with van der Waals surface area (Å²) in [6.07, 6.45) is 16.2. The van der Waals surface area contributed by atoms with Gasteiger partial charge >= 0.3 is 5.97 Å². The Labute approximate surface area is 273 Å². The second kappa shape index (κ2) is 18.4. The smallest absolute Gasteiger partial charge is 0.310 e. The number of piperidine rings is 1. The van der Waals surface area contributed by atoms with Crippen LogP contribution < -0.4 is 10.5 Å². The number of rotatable bonds is 17. The summed E-state index contributed by atoms with van der Waals surface area (Å²) in [6, 6.07) is 2.11. The van der Waals surface area contributed by atoms with E-state index in [1.54, 1.807) is 23.3 Å². The SMILES string of the molecule is CCCCCCCCCCCCN1C(=O)/C(=C\c2c(C)c(C#N)c(=O)n(CCC)c2N2CCCC(C(=O)OCC)C2)SC1=S. The fourth-order valence-electron chi connectivity index (χ4n) is 6.12. The number of esters is 1. The van der Waals surface area contributed by atoms with Crippen molar-refractivity contribution < 1.29 is 14.3 Å². The van der Waals surface area contributed by atoms with Crippen LogP contribution in [0.5, 0.6) is 0 Å². The lowest BCUT2D eigenvalue weighted by molar-refractivity contribution is -0.148. The predicted octanol–water partition coefficient (Wildman–Crippen LogP) is 7.34. The normalized spacial score (nSPS) is 17.9. The molecule has 44 heavy (non-hydrogen) atoms. The zero-order chi connectivity index (χ0) is 32.1. The van der Waals surface area contributed by atoms with E-state index in [4.69, 9.17) is 17.0 Å². The van der Waals surface area contributed by atoms with Crippen LogP contribution in [0.2, 0.25) is 0 Å². The molecule has 0 aliphatic carbocycles. The lowest BCUT2D eigenvalue weighted by Gasteiger charge is -2.36. The van der Waals surface area contributed by atoms with Crippen LogP contribution in [0.1, 0.15) is 121 Å². The Balaban J connectivity index is 1.82. The molecule has 1 unspecified atom stereocenters. The Bertz CT molecular complexity index is 1300. The topological polar surface area (TPSA) is 95.6 Å². The first-order valence-electron chi connectivity index (χ1n) is 16.6. The number of hydrogen-bond acceptors (Lipinski definition) is 8. The van der Waals surface area contributed by atoms with Gasteiger partial charge < -0.3 is 9.64 Å². The summed E-state index contributed by atoms with van der Waals surface area (Å²) in [5.41, 5.74) is 0.940. The van der Waals surface area contributed by atoms with E-state index < -0.39 is 0 Å². The number of nitriles is 1. The number of carbonyl (C=O) groups excluding carboxylic acids is 2. The first-order chi connectivity index (χ1) is 21.3. The van der Waals surface area contributed by atoms with Crippen LogP contribution in [-0.4, -0.2) is 51.9 Å². The molecule has 0 saturated carbocycles. The number of aromatic nitrogens is 1. The van der Waals surface area contributed by atoms with Crippen LogP contribution in [0, 0.1) is 24.2 Å². The number of thioether (sulfide) groups is 1. The number of nitrogens with zero attached hydrogens (tertiary/aromatic N) is 4. The van der Waals surface area contributed by atoms with Gasteiger partial charge in [0.2, 0.25) is 0 Å². The monoisotopic (exact) mass is 642 g/mol. The Morgan fingerprint density at radius 3 is 2.30 bits per heavy atom. The van der Waals surface area contributed by atoms with Crippen molar-refractivity contribution in [3.05, 3.63) is 31.9 Å². The molecule has 0 spiro atoms. The number of ether oxygens (including phenoxy) is 1. The van der Waals surface area contributed by atoms with Gasteiger partial charge in [-0.25, -0.2) is 0 Å². The molecule has 3 rings (SSSR count). The third-order valence-corrected chi connectivity index (χ3v) is 9.90. The van der Waals surface area contributed by atoms with Gasteiger partial charge in [-0.2, -0.15) is 5.26 Å². The van der Waals surface area contributed by atoms with E-state index in [0.717, 1.165) is 25.7 Å². The van der Waals surface area contributed by atoms with Crippen molar-refractivity contribution in [1.29, 1.82) is 5.26 Å². The maximum absolute atomic E-state index is 13.6. The number of thiocarbonyl (C=S) groups is 1. The van der Waals surface area contributed by atoms with Crippen LogP contribution >= 0.6 is 24.0 Å². The fraction of sp³-hybridized carbons (Fsp3) is 0.676. The quantitative estimate of drug-likeness (QED) is 0.0754. The number of amides is 1. The minimum absolute atomic E-state index is 0.0771. The molecule has 2 aliphatic heterocycles. The first-order valence-corrected chi connectivity index (χ1v) is 17.9. The van der Waals surface area contributed by atoms with Gasteiger partial charge in [-0.3, -0.25) is 23.9 Å². The molecular weight excluding hydrogens is 593 g/mol. The Kier molecular flexibility index (Phi) is 15.0. The lowest BCUT2D eigenvalue weighted by Crippen LogP contribution is -2.43. The second-order valence-electron chi connectivity index (χ2n) is 11.9. The second-order valence-corrected chi connectivity index (χ2v) is 13.5. The minimum Gasteiger partial charge on any atom is -0.466 e. The molecule has 8 nitrogen and oxygen atoms in total. The summed E-state index contributed by atoms with van der Waals surface area (Å²) in [4.78, 5) is 44.0. The molecule has 1 aromatic heterocycles. The fourth-order valence-corrected chi connectivity index (χ4v) is 7.41. The van der Waals surface area contributed by atoms with Crippen molar-refractivity contribution in [2.45, 2.75) is 118 Å². The number of carbonyl (C=O) groups is 2. The van der Waals surface area contributed by atoms with E-state index >= 15 is 0 Å². The maximum Gasteiger partial charge on any atom is 0.310 e. The lowest BCUT2D eigenvalue weighted by atomic mass is 9.96. The van der Waals surface area contributed by atoms with Gasteiger partial charge in [0.05, 0.1) is 17.4 Å². The molecule has 1 amide bonds. The number of unbranched alkanes of at least 4 members (excludes halogenated alkanes) is 9. The molecule has 3 heterocycles. The molecule has 2 fully saturated rings. The van der Waals surface area contributed by atoms with Gasteiger partial charge in [0.25, 0.3) is 11.5 Å². The highest BCUT2D eigenvalue weighted by atomic mass is 32.2. The summed E-state index contributed by atoms with van der Waals surface area (Å²) in [5, 5.41) is 9.95. The number of anilines is 1. The molecular formula is C34H50N4O4S2. The van der Waals surface area contributed by atoms with Crippen molar-refractivity contribution >= 4 is 52.1 Å². The summed E-state index contributed by atoms with van der Waals surface area (Å²) in [6.45, 7) is 10.2. The van der Waals surface area contributed by atoms with Gasteiger partial charge in [0.1, 0.15) is 21.8 Å². The summed E-state index contributed by atoms with van der Waals surface area (Å²) in [5.74, 6) is -0.0170. The number of hydrogen-bond donors (Lipinski definition) is 0. The van der Waals surface area contributed by atoms with E-state index in [9.17, 15) is 19.6 Å². The highest BCUT2D eigenvalue weighted by Crippen LogP contribution is 2.37. The third-order valence-electron chi connectivity index (χ3n) is 8.52. The molecule has 1 atom stereocenters. The van der Waals surface area contributed by atoms with E-state index in [0.29, 0.717) is 65.4 Å². The molecule has 0 aromatic carbocycles. The number of pyridine rings is 1. The molecule has 10 heteroatoms. The Morgan fingerprint density at radius 2 is 1.68 bits per heavy atom. The van der Waals surface area contributed by atoms with Crippen LogP contribution in [0.3, 0.4) is 0 Å². The highest BCUT2D eigenvalue weighted by molar-refractivity contribution is 8.26. The zero-order valence-electron chi connectivity index (χ0n) is 27.1. The molecule has 242 valence electrons. The molecule has 0 N–H and O–H groups in total. The van der Waals surface area contributed by atoms with Crippen LogP contribution in [-0.2, 0) is 20.9 Å². The van der Waals surface area contributed by atoms with E-state index in [1.165, 1.54) is 63.1 Å². The van der Waals surface area contributed by atoms with Gasteiger partial charge in [-0.15, -0.1) is 0 Å². The van der Waals surface area contributed by atoms with E-state index in [1.807, 2.05) is 13.0 Å². The minimum atomic E-state index is -0.342. The predicted molar refractivity (Wildman–Crippen MR) is 184 cm³/mol. The van der Waals surface area contributed by atoms with Crippen LogP contribution in [0.15, 0.2) is 9.70 Å². The average molecular weight is 643 g/mol. The van der Waals surface area contributed by atoms with E-state index in [2.05, 4.69) is 17.9 Å².